The van der Waals surface area contributed by atoms with Gasteiger partial charge in [0.2, 0.25) is 0 Å². The maximum absolute atomic E-state index is 12.0. The summed E-state index contributed by atoms with van der Waals surface area (Å²) in [6.45, 7) is -1.72. The van der Waals surface area contributed by atoms with Gasteiger partial charge in [-0.05, 0) is 12.1 Å². The second-order valence-electron chi connectivity index (χ2n) is 3.58. The van der Waals surface area contributed by atoms with Gasteiger partial charge in [0.25, 0.3) is 10.2 Å². The second-order valence-corrected chi connectivity index (χ2v) is 5.08. The molecule has 112 valence electrons. The van der Waals surface area contributed by atoms with Gasteiger partial charge in [-0.1, -0.05) is 12.1 Å². The number of alkyl halides is 3. The number of benzene rings is 1. The van der Waals surface area contributed by atoms with Crippen molar-refractivity contribution >= 4 is 21.9 Å². The minimum atomic E-state index is -4.68. The lowest BCUT2D eigenvalue weighted by atomic mass is 10.2. The number of methoxy groups -OCH3 is 1. The normalized spacial score (nSPS) is 12.0. The van der Waals surface area contributed by atoms with Crippen molar-refractivity contribution in [1.29, 1.82) is 0 Å². The molecule has 0 bridgehead atoms. The molecular formula is C10H11F3N2O4S. The Morgan fingerprint density at radius 2 is 1.90 bits per heavy atom. The summed E-state index contributed by atoms with van der Waals surface area (Å²) in [4.78, 5) is 11.4. The highest BCUT2D eigenvalue weighted by Gasteiger charge is 2.29. The minimum Gasteiger partial charge on any atom is -0.465 e. The largest absolute Gasteiger partial charge is 0.465 e. The molecule has 0 fully saturated rings. The van der Waals surface area contributed by atoms with E-state index < -0.39 is 28.9 Å². The number of nitrogens with one attached hydrogen (secondary N) is 2. The zero-order chi connectivity index (χ0) is 15.4. The molecule has 10 heteroatoms. The molecule has 6 nitrogen and oxygen atoms in total. The van der Waals surface area contributed by atoms with Crippen LogP contribution in [0.3, 0.4) is 0 Å². The van der Waals surface area contributed by atoms with Crippen molar-refractivity contribution in [3.8, 4) is 0 Å². The highest BCUT2D eigenvalue weighted by atomic mass is 32.2. The number of para-hydroxylation sites is 1. The van der Waals surface area contributed by atoms with Gasteiger partial charge in [0, 0.05) is 0 Å². The number of hydrogen-bond donors (Lipinski definition) is 2. The Balaban J connectivity index is 2.90. The van der Waals surface area contributed by atoms with Gasteiger partial charge in [-0.15, -0.1) is 0 Å². The number of hydrogen-bond acceptors (Lipinski definition) is 4. The Bertz CT molecular complexity index is 586. The Kier molecular flexibility index (Phi) is 4.95. The third-order valence-corrected chi connectivity index (χ3v) is 3.05. The fourth-order valence-corrected chi connectivity index (χ4v) is 2.11. The van der Waals surface area contributed by atoms with Gasteiger partial charge < -0.3 is 4.74 Å². The summed E-state index contributed by atoms with van der Waals surface area (Å²) >= 11 is 0. The number of ether oxygens (including phenoxy) is 1. The van der Waals surface area contributed by atoms with E-state index in [0.717, 1.165) is 7.11 Å². The van der Waals surface area contributed by atoms with Crippen molar-refractivity contribution < 1.29 is 31.1 Å². The molecule has 1 rings (SSSR count). The molecule has 0 spiro atoms. The summed E-state index contributed by atoms with van der Waals surface area (Å²) < 4.78 is 66.3. The molecule has 0 heterocycles. The predicted octanol–water partition coefficient (Wildman–Crippen LogP) is 1.28. The van der Waals surface area contributed by atoms with E-state index in [4.69, 9.17) is 0 Å². The molecule has 0 saturated heterocycles. The molecule has 1 aromatic carbocycles. The number of halogens is 3. The van der Waals surface area contributed by atoms with Crippen molar-refractivity contribution in [3.05, 3.63) is 29.8 Å². The van der Waals surface area contributed by atoms with Crippen LogP contribution in [0.1, 0.15) is 10.4 Å². The van der Waals surface area contributed by atoms with E-state index in [1.165, 1.54) is 29.0 Å². The highest BCUT2D eigenvalue weighted by molar-refractivity contribution is 7.90. The number of rotatable bonds is 5. The van der Waals surface area contributed by atoms with Crippen LogP contribution in [-0.2, 0) is 14.9 Å². The van der Waals surface area contributed by atoms with Crippen molar-refractivity contribution in [2.75, 3.05) is 18.4 Å². The van der Waals surface area contributed by atoms with Gasteiger partial charge in [0.05, 0.1) is 18.4 Å². The lowest BCUT2D eigenvalue weighted by Crippen LogP contribution is -2.37. The number of carbonyl (C=O) groups excluding carboxylic acids is 1. The van der Waals surface area contributed by atoms with Crippen LogP contribution >= 0.6 is 0 Å². The van der Waals surface area contributed by atoms with Crippen LogP contribution in [0.4, 0.5) is 18.9 Å². The van der Waals surface area contributed by atoms with Gasteiger partial charge >= 0.3 is 12.1 Å². The predicted molar refractivity (Wildman–Crippen MR) is 64.4 cm³/mol. The molecule has 20 heavy (non-hydrogen) atoms. The van der Waals surface area contributed by atoms with E-state index in [2.05, 4.69) is 4.74 Å². The molecule has 0 aliphatic heterocycles. The fourth-order valence-electron chi connectivity index (χ4n) is 1.22. The van der Waals surface area contributed by atoms with E-state index in [0.29, 0.717) is 0 Å². The summed E-state index contributed by atoms with van der Waals surface area (Å²) in [5.74, 6) is -0.820. The van der Waals surface area contributed by atoms with Crippen LogP contribution in [0, 0.1) is 0 Å². The Hall–Kier alpha value is -1.81. The van der Waals surface area contributed by atoms with Gasteiger partial charge in [0.15, 0.2) is 0 Å². The molecule has 2 N–H and O–H groups in total. The topological polar surface area (TPSA) is 84.5 Å². The van der Waals surface area contributed by atoms with Crippen LogP contribution in [0.2, 0.25) is 0 Å². The van der Waals surface area contributed by atoms with Gasteiger partial charge in [-0.25, -0.2) is 4.79 Å². The average Bonchev–Trinajstić information content (AvgIpc) is 2.35. The molecule has 0 atom stereocenters. The van der Waals surface area contributed by atoms with Crippen LogP contribution in [-0.4, -0.2) is 34.2 Å². The zero-order valence-corrected chi connectivity index (χ0v) is 11.0. The van der Waals surface area contributed by atoms with Crippen molar-refractivity contribution in [2.45, 2.75) is 6.18 Å². The SMILES string of the molecule is COC(=O)c1ccccc1NS(=O)(=O)NCC(F)(F)F. The Morgan fingerprint density at radius 3 is 2.45 bits per heavy atom. The Morgan fingerprint density at radius 1 is 1.30 bits per heavy atom. The molecule has 0 radical (unpaired) electrons. The average molecular weight is 312 g/mol. The number of esters is 1. The van der Waals surface area contributed by atoms with Gasteiger partial charge in [0.1, 0.15) is 6.54 Å². The summed E-state index contributed by atoms with van der Waals surface area (Å²) in [7, 11) is -3.37. The van der Waals surface area contributed by atoms with E-state index in [9.17, 15) is 26.4 Å². The van der Waals surface area contributed by atoms with Gasteiger partial charge in [-0.2, -0.15) is 26.3 Å². The first-order valence-electron chi connectivity index (χ1n) is 5.16. The summed E-state index contributed by atoms with van der Waals surface area (Å²) in [5.41, 5.74) is -0.304. The summed E-state index contributed by atoms with van der Waals surface area (Å²) in [5, 5.41) is 0. The molecular weight excluding hydrogens is 301 g/mol. The molecule has 0 saturated carbocycles. The molecule has 0 amide bonds. The minimum absolute atomic E-state index is 0.118. The summed E-state index contributed by atoms with van der Waals surface area (Å²) in [6.07, 6.45) is -4.68. The second kappa shape index (κ2) is 6.09. The molecule has 0 unspecified atom stereocenters. The fraction of sp³-hybridized carbons (Fsp3) is 0.300. The Labute approximate surface area is 113 Å². The van der Waals surface area contributed by atoms with E-state index in [1.54, 1.807) is 0 Å². The summed E-state index contributed by atoms with van der Waals surface area (Å²) in [6, 6.07) is 5.35. The monoisotopic (exact) mass is 312 g/mol. The van der Waals surface area contributed by atoms with Crippen LogP contribution < -0.4 is 9.44 Å². The quantitative estimate of drug-likeness (QED) is 0.802. The lowest BCUT2D eigenvalue weighted by molar-refractivity contribution is -0.121. The molecule has 0 aliphatic carbocycles. The third-order valence-electron chi connectivity index (χ3n) is 2.04. The van der Waals surface area contributed by atoms with Crippen molar-refractivity contribution in [1.82, 2.24) is 4.72 Å². The molecule has 0 aromatic heterocycles. The first-order valence-corrected chi connectivity index (χ1v) is 6.64. The number of carbonyl (C=O) groups is 1. The van der Waals surface area contributed by atoms with Crippen LogP contribution in [0.5, 0.6) is 0 Å². The van der Waals surface area contributed by atoms with Crippen molar-refractivity contribution in [3.63, 3.8) is 0 Å². The van der Waals surface area contributed by atoms with Crippen molar-refractivity contribution in [2.24, 2.45) is 0 Å². The van der Waals surface area contributed by atoms with E-state index in [-0.39, 0.29) is 11.3 Å². The van der Waals surface area contributed by atoms with Crippen LogP contribution in [0.15, 0.2) is 24.3 Å². The van der Waals surface area contributed by atoms with Crippen LogP contribution in [0.25, 0.3) is 0 Å². The van der Waals surface area contributed by atoms with E-state index in [1.807, 2.05) is 4.72 Å². The lowest BCUT2D eigenvalue weighted by Gasteiger charge is -2.13. The first kappa shape index (κ1) is 16.2. The highest BCUT2D eigenvalue weighted by Crippen LogP contribution is 2.18. The smallest absolute Gasteiger partial charge is 0.402 e. The maximum Gasteiger partial charge on any atom is 0.402 e. The molecule has 0 aliphatic rings. The maximum atomic E-state index is 12.0. The third kappa shape index (κ3) is 5.05. The first-order chi connectivity index (χ1) is 9.14. The van der Waals surface area contributed by atoms with Gasteiger partial charge in [-0.3, -0.25) is 4.72 Å². The van der Waals surface area contributed by atoms with E-state index >= 15 is 0 Å². The molecule has 1 aromatic rings. The standard InChI is InChI=1S/C10H11F3N2O4S/c1-19-9(16)7-4-2-3-5-8(7)15-20(17,18)14-6-10(11,12)13/h2-5,14-15H,6H2,1H3. The number of anilines is 1. The zero-order valence-electron chi connectivity index (χ0n) is 10.2.